The van der Waals surface area contributed by atoms with Crippen LogP contribution >= 0.6 is 0 Å². The molecule has 0 fully saturated rings. The van der Waals surface area contributed by atoms with Crippen LogP contribution in [0.25, 0.3) is 0 Å². The van der Waals surface area contributed by atoms with E-state index in [2.05, 4.69) is 10.1 Å². The molecule has 0 bridgehead atoms. The summed E-state index contributed by atoms with van der Waals surface area (Å²) in [7, 11) is 0. The summed E-state index contributed by atoms with van der Waals surface area (Å²) in [6.45, 7) is 7.25. The average molecular weight is 277 g/mol. The molecule has 0 heterocycles. The smallest absolute Gasteiger partial charge is 0.487 e. The molecule has 108 valence electrons. The van der Waals surface area contributed by atoms with Crippen LogP contribution in [0.3, 0.4) is 0 Å². The van der Waals surface area contributed by atoms with Crippen LogP contribution in [0.1, 0.15) is 20.8 Å². The molecule has 0 radical (unpaired) electrons. The number of nitrogens with one attached hydrogen (secondary N) is 1. The van der Waals surface area contributed by atoms with Crippen LogP contribution < -0.4 is 14.8 Å². The molecule has 0 aliphatic rings. The minimum Gasteiger partial charge on any atom is -0.487 e. The lowest BCUT2D eigenvalue weighted by molar-refractivity contribution is -0.274. The van der Waals surface area contributed by atoms with Crippen molar-refractivity contribution in [1.82, 2.24) is 5.32 Å². The molecule has 0 unspecified atom stereocenters. The van der Waals surface area contributed by atoms with E-state index in [0.717, 1.165) is 6.54 Å². The SMILES string of the molecule is CCNCC(C)(C)Oc1ccc(OC(F)(F)F)cc1. The molecule has 0 atom stereocenters. The predicted molar refractivity (Wildman–Crippen MR) is 66.4 cm³/mol. The zero-order valence-electron chi connectivity index (χ0n) is 11.2. The van der Waals surface area contributed by atoms with Crippen molar-refractivity contribution < 1.29 is 22.6 Å². The highest BCUT2D eigenvalue weighted by Gasteiger charge is 2.31. The third-order valence-electron chi connectivity index (χ3n) is 2.25. The first-order valence-corrected chi connectivity index (χ1v) is 5.97. The third kappa shape index (κ3) is 6.33. The molecular weight excluding hydrogens is 259 g/mol. The average Bonchev–Trinajstić information content (AvgIpc) is 2.27. The fourth-order valence-corrected chi connectivity index (χ4v) is 1.49. The summed E-state index contributed by atoms with van der Waals surface area (Å²) in [4.78, 5) is 0. The van der Waals surface area contributed by atoms with Gasteiger partial charge in [-0.25, -0.2) is 0 Å². The van der Waals surface area contributed by atoms with E-state index < -0.39 is 12.0 Å². The van der Waals surface area contributed by atoms with E-state index in [9.17, 15) is 13.2 Å². The van der Waals surface area contributed by atoms with Gasteiger partial charge in [-0.15, -0.1) is 13.2 Å². The number of hydrogen-bond donors (Lipinski definition) is 1. The van der Waals surface area contributed by atoms with Crippen molar-refractivity contribution in [3.05, 3.63) is 24.3 Å². The van der Waals surface area contributed by atoms with Gasteiger partial charge < -0.3 is 14.8 Å². The number of likely N-dealkylation sites (N-methyl/N-ethyl adjacent to an activating group) is 1. The van der Waals surface area contributed by atoms with Gasteiger partial charge in [-0.1, -0.05) is 6.92 Å². The van der Waals surface area contributed by atoms with Gasteiger partial charge in [0.05, 0.1) is 0 Å². The van der Waals surface area contributed by atoms with Crippen molar-refractivity contribution in [3.63, 3.8) is 0 Å². The van der Waals surface area contributed by atoms with Crippen molar-refractivity contribution in [3.8, 4) is 11.5 Å². The Labute approximate surface area is 110 Å². The van der Waals surface area contributed by atoms with E-state index in [1.54, 1.807) is 0 Å². The molecule has 0 saturated heterocycles. The molecule has 0 amide bonds. The van der Waals surface area contributed by atoms with Crippen molar-refractivity contribution in [2.24, 2.45) is 0 Å². The number of rotatable bonds is 6. The third-order valence-corrected chi connectivity index (χ3v) is 2.25. The molecule has 0 aliphatic heterocycles. The number of halogens is 3. The molecule has 0 aromatic heterocycles. The lowest BCUT2D eigenvalue weighted by Crippen LogP contribution is -2.40. The monoisotopic (exact) mass is 277 g/mol. The van der Waals surface area contributed by atoms with E-state index in [1.807, 2.05) is 20.8 Å². The first-order valence-electron chi connectivity index (χ1n) is 5.97. The maximum Gasteiger partial charge on any atom is 0.573 e. The summed E-state index contributed by atoms with van der Waals surface area (Å²) in [5.41, 5.74) is -0.442. The first-order chi connectivity index (χ1) is 8.72. The number of hydrogen-bond acceptors (Lipinski definition) is 3. The van der Waals surface area contributed by atoms with Gasteiger partial charge in [0, 0.05) is 6.54 Å². The van der Waals surface area contributed by atoms with Crippen molar-refractivity contribution in [1.29, 1.82) is 0 Å². The lowest BCUT2D eigenvalue weighted by atomic mass is 10.1. The Morgan fingerprint density at radius 1 is 1.00 bits per heavy atom. The standard InChI is InChI=1S/C13H18F3NO2/c1-4-17-9-12(2,3)18-10-5-7-11(8-6-10)19-13(14,15)16/h5-8,17H,4,9H2,1-3H3. The van der Waals surface area contributed by atoms with Gasteiger partial charge >= 0.3 is 6.36 Å². The molecule has 0 aliphatic carbocycles. The van der Waals surface area contributed by atoms with Crippen molar-refractivity contribution >= 4 is 0 Å². The second-order valence-corrected chi connectivity index (χ2v) is 4.66. The zero-order chi connectivity index (χ0) is 14.5. The van der Waals surface area contributed by atoms with Crippen LogP contribution in [0.4, 0.5) is 13.2 Å². The Hall–Kier alpha value is -1.43. The van der Waals surface area contributed by atoms with E-state index in [1.165, 1.54) is 24.3 Å². The Kier molecular flexibility index (Phi) is 5.05. The van der Waals surface area contributed by atoms with Gasteiger partial charge in [-0.2, -0.15) is 0 Å². The van der Waals surface area contributed by atoms with Crippen LogP contribution in [0.2, 0.25) is 0 Å². The molecule has 1 aromatic rings. The van der Waals surface area contributed by atoms with Crippen molar-refractivity contribution in [2.45, 2.75) is 32.7 Å². The molecule has 1 rings (SSSR count). The first kappa shape index (κ1) is 15.6. The van der Waals surface area contributed by atoms with Crippen LogP contribution in [0.5, 0.6) is 11.5 Å². The molecule has 19 heavy (non-hydrogen) atoms. The van der Waals surface area contributed by atoms with E-state index in [4.69, 9.17) is 4.74 Å². The van der Waals surface area contributed by atoms with Crippen molar-refractivity contribution in [2.75, 3.05) is 13.1 Å². The molecular formula is C13H18F3NO2. The zero-order valence-corrected chi connectivity index (χ0v) is 11.2. The molecule has 1 N–H and O–H groups in total. The summed E-state index contributed by atoms with van der Waals surface area (Å²) in [5.74, 6) is 0.238. The normalized spacial score (nSPS) is 12.3. The van der Waals surface area contributed by atoms with Gasteiger partial charge in [0.1, 0.15) is 17.1 Å². The number of benzene rings is 1. The Balaban J connectivity index is 2.61. The largest absolute Gasteiger partial charge is 0.573 e. The van der Waals surface area contributed by atoms with Gasteiger partial charge in [0.25, 0.3) is 0 Å². The molecule has 6 heteroatoms. The molecule has 3 nitrogen and oxygen atoms in total. The Bertz CT molecular complexity index is 388. The van der Waals surface area contributed by atoms with E-state index in [0.29, 0.717) is 12.3 Å². The maximum absolute atomic E-state index is 12.0. The van der Waals surface area contributed by atoms with E-state index >= 15 is 0 Å². The van der Waals surface area contributed by atoms with Gasteiger partial charge in [0.15, 0.2) is 0 Å². The fraction of sp³-hybridized carbons (Fsp3) is 0.538. The van der Waals surface area contributed by atoms with Gasteiger partial charge in [0.2, 0.25) is 0 Å². The minimum atomic E-state index is -4.67. The lowest BCUT2D eigenvalue weighted by Gasteiger charge is -2.26. The Morgan fingerprint density at radius 2 is 1.47 bits per heavy atom. The van der Waals surface area contributed by atoms with E-state index in [-0.39, 0.29) is 5.75 Å². The quantitative estimate of drug-likeness (QED) is 0.865. The summed E-state index contributed by atoms with van der Waals surface area (Å²) >= 11 is 0. The topological polar surface area (TPSA) is 30.5 Å². The minimum absolute atomic E-state index is 0.260. The van der Waals surface area contributed by atoms with Gasteiger partial charge in [-0.3, -0.25) is 0 Å². The van der Waals surface area contributed by atoms with Crippen LogP contribution in [0, 0.1) is 0 Å². The number of ether oxygens (including phenoxy) is 2. The number of alkyl halides is 3. The molecule has 0 saturated carbocycles. The summed E-state index contributed by atoms with van der Waals surface area (Å²) in [6.07, 6.45) is -4.67. The van der Waals surface area contributed by atoms with Crippen LogP contribution in [0.15, 0.2) is 24.3 Å². The summed E-state index contributed by atoms with van der Waals surface area (Å²) in [5, 5.41) is 3.15. The highest BCUT2D eigenvalue weighted by Crippen LogP contribution is 2.26. The van der Waals surface area contributed by atoms with Gasteiger partial charge in [-0.05, 0) is 44.7 Å². The van der Waals surface area contributed by atoms with Crippen LogP contribution in [-0.4, -0.2) is 25.1 Å². The predicted octanol–water partition coefficient (Wildman–Crippen LogP) is 3.35. The Morgan fingerprint density at radius 3 is 1.89 bits per heavy atom. The second kappa shape index (κ2) is 6.14. The van der Waals surface area contributed by atoms with Crippen LogP contribution in [-0.2, 0) is 0 Å². The highest BCUT2D eigenvalue weighted by molar-refractivity contribution is 5.31. The molecule has 0 spiro atoms. The molecule has 1 aromatic carbocycles. The summed E-state index contributed by atoms with van der Waals surface area (Å²) in [6, 6.07) is 5.36. The highest BCUT2D eigenvalue weighted by atomic mass is 19.4. The maximum atomic E-state index is 12.0. The fourth-order valence-electron chi connectivity index (χ4n) is 1.49. The summed E-state index contributed by atoms with van der Waals surface area (Å²) < 4.78 is 45.4. The second-order valence-electron chi connectivity index (χ2n) is 4.66.